The summed E-state index contributed by atoms with van der Waals surface area (Å²) >= 11 is 0. The van der Waals surface area contributed by atoms with Crippen LogP contribution in [0.1, 0.15) is 23.1 Å². The number of nitrogens with one attached hydrogen (secondary N) is 1. The highest BCUT2D eigenvalue weighted by atomic mass is 19.4. The number of halogens is 3. The van der Waals surface area contributed by atoms with Gasteiger partial charge in [0.05, 0.1) is 6.54 Å². The number of nitrogens with zero attached hydrogens (tertiary/aromatic N) is 4. The number of aromatic carboxylic acids is 1. The number of carboxylic acid groups (broad SMARTS) is 1. The van der Waals surface area contributed by atoms with E-state index in [4.69, 9.17) is 5.11 Å². The normalized spacial score (nSPS) is 12.8. The Kier molecular flexibility index (Phi) is 4.90. The molecule has 0 aliphatic carbocycles. The average molecular weight is 345 g/mol. The van der Waals surface area contributed by atoms with Gasteiger partial charge in [0.2, 0.25) is 5.91 Å². The van der Waals surface area contributed by atoms with Gasteiger partial charge in [-0.25, -0.2) is 9.48 Å². The van der Waals surface area contributed by atoms with E-state index in [0.29, 0.717) is 0 Å². The van der Waals surface area contributed by atoms with Crippen molar-refractivity contribution in [3.05, 3.63) is 35.9 Å². The van der Waals surface area contributed by atoms with Crippen LogP contribution < -0.4 is 5.32 Å². The van der Waals surface area contributed by atoms with Gasteiger partial charge < -0.3 is 10.4 Å². The number of alkyl halides is 3. The molecule has 0 saturated heterocycles. The predicted molar refractivity (Wildman–Crippen MR) is 74.0 cm³/mol. The molecule has 11 heteroatoms. The Morgan fingerprint density at radius 3 is 2.67 bits per heavy atom. The Labute approximate surface area is 133 Å². The first-order chi connectivity index (χ1) is 11.2. The molecule has 1 atom stereocenters. The van der Waals surface area contributed by atoms with Crippen molar-refractivity contribution in [1.29, 1.82) is 0 Å². The number of hydrogen-bond acceptors (Lipinski definition) is 4. The largest absolute Gasteiger partial charge is 0.477 e. The van der Waals surface area contributed by atoms with Crippen LogP contribution in [0.25, 0.3) is 0 Å². The first-order valence-corrected chi connectivity index (χ1v) is 6.82. The van der Waals surface area contributed by atoms with Gasteiger partial charge in [-0.1, -0.05) is 0 Å². The number of hydrogen-bond donors (Lipinski definition) is 2. The Morgan fingerprint density at radius 2 is 2.08 bits per heavy atom. The summed E-state index contributed by atoms with van der Waals surface area (Å²) < 4.78 is 39.5. The van der Waals surface area contributed by atoms with Gasteiger partial charge in [0.15, 0.2) is 5.69 Å². The minimum atomic E-state index is -4.52. The lowest BCUT2D eigenvalue weighted by Gasteiger charge is -2.14. The maximum Gasteiger partial charge on any atom is 0.435 e. The molecule has 0 radical (unpaired) electrons. The molecule has 0 spiro atoms. The quantitative estimate of drug-likeness (QED) is 0.813. The van der Waals surface area contributed by atoms with Crippen LogP contribution in [0.3, 0.4) is 0 Å². The summed E-state index contributed by atoms with van der Waals surface area (Å²) in [5.41, 5.74) is -1.15. The molecular formula is C13H14F3N5O3. The molecule has 2 heterocycles. The third kappa shape index (κ3) is 4.33. The number of carboxylic acids is 1. The van der Waals surface area contributed by atoms with E-state index in [-0.39, 0.29) is 18.8 Å². The lowest BCUT2D eigenvalue weighted by Crippen LogP contribution is -2.38. The second kappa shape index (κ2) is 6.72. The Balaban J connectivity index is 1.91. The van der Waals surface area contributed by atoms with Crippen LogP contribution in [0.15, 0.2) is 24.5 Å². The smallest absolute Gasteiger partial charge is 0.435 e. The fraction of sp³-hybridized carbons (Fsp3) is 0.385. The van der Waals surface area contributed by atoms with E-state index in [9.17, 15) is 22.8 Å². The summed E-state index contributed by atoms with van der Waals surface area (Å²) in [6, 6.07) is 1.58. The van der Waals surface area contributed by atoms with E-state index in [2.05, 4.69) is 15.5 Å². The van der Waals surface area contributed by atoms with Gasteiger partial charge in [-0.15, -0.1) is 0 Å². The zero-order valence-electron chi connectivity index (χ0n) is 12.5. The molecule has 0 bridgehead atoms. The summed E-state index contributed by atoms with van der Waals surface area (Å²) in [6.07, 6.45) is -2.10. The SMILES string of the molecule is CC(Cn1ccc(C(F)(F)F)n1)NC(=O)Cn1nccc1C(=O)O. The number of aromatic nitrogens is 4. The van der Waals surface area contributed by atoms with Crippen molar-refractivity contribution >= 4 is 11.9 Å². The molecule has 0 saturated carbocycles. The van der Waals surface area contributed by atoms with Gasteiger partial charge >= 0.3 is 12.1 Å². The van der Waals surface area contributed by atoms with Gasteiger partial charge in [0.25, 0.3) is 0 Å². The Hall–Kier alpha value is -2.85. The van der Waals surface area contributed by atoms with Gasteiger partial charge in [-0.05, 0) is 19.1 Å². The Bertz CT molecular complexity index is 737. The van der Waals surface area contributed by atoms with E-state index < -0.39 is 29.8 Å². The van der Waals surface area contributed by atoms with Crippen molar-refractivity contribution in [2.45, 2.75) is 32.2 Å². The van der Waals surface area contributed by atoms with E-state index in [1.165, 1.54) is 18.5 Å². The summed E-state index contributed by atoms with van der Waals surface area (Å²) in [5, 5.41) is 18.6. The second-order valence-corrected chi connectivity index (χ2v) is 5.07. The highest BCUT2D eigenvalue weighted by Gasteiger charge is 2.33. The fourth-order valence-electron chi connectivity index (χ4n) is 2.04. The fourth-order valence-corrected chi connectivity index (χ4v) is 2.04. The minimum Gasteiger partial charge on any atom is -0.477 e. The molecule has 0 aliphatic heterocycles. The molecule has 0 aliphatic rings. The predicted octanol–water partition coefficient (Wildman–Crippen LogP) is 1.00. The highest BCUT2D eigenvalue weighted by Crippen LogP contribution is 2.27. The molecule has 2 rings (SSSR count). The van der Waals surface area contributed by atoms with Crippen LogP contribution in [0.2, 0.25) is 0 Å². The molecule has 0 aromatic carbocycles. The van der Waals surface area contributed by atoms with Crippen LogP contribution in [0, 0.1) is 0 Å². The maximum absolute atomic E-state index is 12.5. The zero-order valence-corrected chi connectivity index (χ0v) is 12.5. The van der Waals surface area contributed by atoms with Crippen molar-refractivity contribution in [3.8, 4) is 0 Å². The second-order valence-electron chi connectivity index (χ2n) is 5.07. The lowest BCUT2D eigenvalue weighted by molar-refractivity contribution is -0.141. The van der Waals surface area contributed by atoms with Crippen molar-refractivity contribution in [1.82, 2.24) is 24.9 Å². The van der Waals surface area contributed by atoms with Crippen LogP contribution in [0.5, 0.6) is 0 Å². The summed E-state index contributed by atoms with van der Waals surface area (Å²) in [4.78, 5) is 22.8. The van der Waals surface area contributed by atoms with Gasteiger partial charge in [0.1, 0.15) is 12.2 Å². The summed E-state index contributed by atoms with van der Waals surface area (Å²) in [5.74, 6) is -1.73. The third-order valence-electron chi connectivity index (χ3n) is 3.03. The van der Waals surface area contributed by atoms with Gasteiger partial charge in [-0.3, -0.25) is 9.48 Å². The average Bonchev–Trinajstić information content (AvgIpc) is 3.06. The zero-order chi connectivity index (χ0) is 17.9. The standard InChI is InChI=1S/C13H14F3N5O3/c1-8(6-20-5-3-10(19-20)13(14,15)16)18-11(22)7-21-9(12(23)24)2-4-17-21/h2-5,8H,6-7H2,1H3,(H,18,22)(H,23,24). The monoisotopic (exact) mass is 345 g/mol. The van der Waals surface area contributed by atoms with Crippen molar-refractivity contribution in [3.63, 3.8) is 0 Å². The summed E-state index contributed by atoms with van der Waals surface area (Å²) in [6.45, 7) is 1.31. The maximum atomic E-state index is 12.5. The molecule has 0 fully saturated rings. The minimum absolute atomic E-state index is 0.0344. The van der Waals surface area contributed by atoms with Crippen molar-refractivity contribution in [2.24, 2.45) is 0 Å². The number of amides is 1. The van der Waals surface area contributed by atoms with Crippen molar-refractivity contribution < 1.29 is 27.9 Å². The van der Waals surface area contributed by atoms with Crippen LogP contribution in [-0.2, 0) is 24.1 Å². The lowest BCUT2D eigenvalue weighted by atomic mass is 10.3. The van der Waals surface area contributed by atoms with E-state index in [0.717, 1.165) is 15.4 Å². The molecule has 24 heavy (non-hydrogen) atoms. The van der Waals surface area contributed by atoms with Crippen LogP contribution >= 0.6 is 0 Å². The van der Waals surface area contributed by atoms with Gasteiger partial charge in [-0.2, -0.15) is 23.4 Å². The molecule has 2 N–H and O–H groups in total. The first kappa shape index (κ1) is 17.5. The van der Waals surface area contributed by atoms with E-state index in [1.807, 2.05) is 0 Å². The topological polar surface area (TPSA) is 102 Å². The number of carbonyl (C=O) groups excluding carboxylic acids is 1. The molecule has 1 amide bonds. The van der Waals surface area contributed by atoms with Crippen molar-refractivity contribution in [2.75, 3.05) is 0 Å². The highest BCUT2D eigenvalue weighted by molar-refractivity contribution is 5.86. The molecule has 2 aromatic rings. The third-order valence-corrected chi connectivity index (χ3v) is 3.03. The van der Waals surface area contributed by atoms with Crippen LogP contribution in [-0.4, -0.2) is 42.6 Å². The Morgan fingerprint density at radius 1 is 1.38 bits per heavy atom. The molecule has 2 aromatic heterocycles. The number of carbonyl (C=O) groups is 2. The first-order valence-electron chi connectivity index (χ1n) is 6.82. The summed E-state index contributed by atoms with van der Waals surface area (Å²) in [7, 11) is 0. The molecule has 8 nitrogen and oxygen atoms in total. The molecular weight excluding hydrogens is 331 g/mol. The van der Waals surface area contributed by atoms with Gasteiger partial charge in [0, 0.05) is 18.4 Å². The number of rotatable bonds is 6. The van der Waals surface area contributed by atoms with E-state index >= 15 is 0 Å². The van der Waals surface area contributed by atoms with E-state index in [1.54, 1.807) is 6.92 Å². The van der Waals surface area contributed by atoms with Crippen LogP contribution in [0.4, 0.5) is 13.2 Å². The molecule has 130 valence electrons. The molecule has 1 unspecified atom stereocenters.